The zero-order valence-corrected chi connectivity index (χ0v) is 11.1. The van der Waals surface area contributed by atoms with E-state index in [9.17, 15) is 35.5 Å². The van der Waals surface area contributed by atoms with E-state index in [1.165, 1.54) is 12.4 Å². The standard InChI is InChI=1S/C12H6F7N3O/c1-22-3-4(2-20-22)11(23)21-10-8(15)6(13)5(12(17,18)19)7(14)9(10)16/h2-3H,1H3,(H,21,23). The van der Waals surface area contributed by atoms with Gasteiger partial charge >= 0.3 is 6.18 Å². The second kappa shape index (κ2) is 5.56. The summed E-state index contributed by atoms with van der Waals surface area (Å²) in [5.41, 5.74) is -4.61. The first-order valence-corrected chi connectivity index (χ1v) is 5.77. The summed E-state index contributed by atoms with van der Waals surface area (Å²) in [6, 6.07) is 0. The Hall–Kier alpha value is -2.59. The summed E-state index contributed by atoms with van der Waals surface area (Å²) in [7, 11) is 1.41. The van der Waals surface area contributed by atoms with Gasteiger partial charge in [-0.2, -0.15) is 18.3 Å². The van der Waals surface area contributed by atoms with Crippen LogP contribution in [0.3, 0.4) is 0 Å². The molecule has 124 valence electrons. The minimum atomic E-state index is -5.65. The number of hydrogen-bond donors (Lipinski definition) is 1. The first kappa shape index (κ1) is 16.8. The molecule has 2 rings (SSSR count). The molecule has 2 aromatic rings. The normalized spacial score (nSPS) is 11.7. The Morgan fingerprint density at radius 3 is 2.00 bits per heavy atom. The highest BCUT2D eigenvalue weighted by atomic mass is 19.4. The summed E-state index contributed by atoms with van der Waals surface area (Å²) in [6.07, 6.45) is -3.56. The number of aromatic nitrogens is 2. The minimum absolute atomic E-state index is 0.230. The van der Waals surface area contributed by atoms with Gasteiger partial charge in [0, 0.05) is 13.2 Å². The number of halogens is 7. The van der Waals surface area contributed by atoms with Crippen LogP contribution in [0, 0.1) is 23.3 Å². The van der Waals surface area contributed by atoms with E-state index in [-0.39, 0.29) is 5.56 Å². The lowest BCUT2D eigenvalue weighted by Crippen LogP contribution is -2.20. The van der Waals surface area contributed by atoms with E-state index in [2.05, 4.69) is 5.10 Å². The number of amides is 1. The number of benzene rings is 1. The second-order valence-corrected chi connectivity index (χ2v) is 4.36. The molecule has 0 saturated carbocycles. The second-order valence-electron chi connectivity index (χ2n) is 4.36. The van der Waals surface area contributed by atoms with Crippen LogP contribution in [0.1, 0.15) is 15.9 Å². The highest BCUT2D eigenvalue weighted by Crippen LogP contribution is 2.38. The van der Waals surface area contributed by atoms with Crippen molar-refractivity contribution in [3.05, 3.63) is 46.8 Å². The molecule has 1 aromatic carbocycles. The van der Waals surface area contributed by atoms with E-state index in [1.807, 2.05) is 0 Å². The van der Waals surface area contributed by atoms with Gasteiger partial charge in [0.15, 0.2) is 23.3 Å². The van der Waals surface area contributed by atoms with E-state index in [1.54, 1.807) is 0 Å². The lowest BCUT2D eigenvalue weighted by molar-refractivity contribution is -0.143. The van der Waals surface area contributed by atoms with E-state index in [0.29, 0.717) is 0 Å². The zero-order chi connectivity index (χ0) is 17.5. The third kappa shape index (κ3) is 2.98. The van der Waals surface area contributed by atoms with Gasteiger partial charge in [-0.05, 0) is 0 Å². The molecule has 0 aliphatic heterocycles. The maximum atomic E-state index is 13.6. The highest BCUT2D eigenvalue weighted by molar-refractivity contribution is 6.04. The lowest BCUT2D eigenvalue weighted by Gasteiger charge is -2.14. The fraction of sp³-hybridized carbons (Fsp3) is 0.167. The molecule has 0 atom stereocenters. The van der Waals surface area contributed by atoms with Crippen molar-refractivity contribution in [1.29, 1.82) is 0 Å². The van der Waals surface area contributed by atoms with Gasteiger partial charge in [-0.3, -0.25) is 9.48 Å². The van der Waals surface area contributed by atoms with Crippen molar-refractivity contribution in [2.45, 2.75) is 6.18 Å². The van der Waals surface area contributed by atoms with E-state index in [4.69, 9.17) is 0 Å². The Morgan fingerprint density at radius 1 is 1.09 bits per heavy atom. The van der Waals surface area contributed by atoms with Crippen LogP contribution in [0.5, 0.6) is 0 Å². The fourth-order valence-corrected chi connectivity index (χ4v) is 1.71. The van der Waals surface area contributed by atoms with Crippen molar-refractivity contribution >= 4 is 11.6 Å². The number of hydrogen-bond acceptors (Lipinski definition) is 2. The number of nitrogens with zero attached hydrogens (tertiary/aromatic N) is 2. The Kier molecular flexibility index (Phi) is 4.05. The molecular weight excluding hydrogens is 335 g/mol. The molecule has 23 heavy (non-hydrogen) atoms. The van der Waals surface area contributed by atoms with Gasteiger partial charge in [0.25, 0.3) is 5.91 Å². The van der Waals surface area contributed by atoms with Gasteiger partial charge in [-0.15, -0.1) is 0 Å². The van der Waals surface area contributed by atoms with Crippen LogP contribution < -0.4 is 5.32 Å². The van der Waals surface area contributed by atoms with E-state index in [0.717, 1.165) is 17.1 Å². The molecule has 0 spiro atoms. The van der Waals surface area contributed by atoms with Crippen molar-refractivity contribution in [2.75, 3.05) is 5.32 Å². The monoisotopic (exact) mass is 341 g/mol. The molecule has 4 nitrogen and oxygen atoms in total. The molecule has 1 aromatic heterocycles. The van der Waals surface area contributed by atoms with Gasteiger partial charge in [-0.25, -0.2) is 17.6 Å². The molecule has 1 amide bonds. The fourth-order valence-electron chi connectivity index (χ4n) is 1.71. The highest BCUT2D eigenvalue weighted by Gasteiger charge is 2.42. The van der Waals surface area contributed by atoms with Crippen LogP contribution in [0.4, 0.5) is 36.4 Å². The Labute approximate surface area is 123 Å². The van der Waals surface area contributed by atoms with Crippen LogP contribution in [0.2, 0.25) is 0 Å². The molecule has 0 unspecified atom stereocenters. The van der Waals surface area contributed by atoms with Gasteiger partial charge in [0.2, 0.25) is 0 Å². The number of nitrogens with one attached hydrogen (secondary N) is 1. The van der Waals surface area contributed by atoms with Crippen LogP contribution in [-0.2, 0) is 13.2 Å². The number of rotatable bonds is 2. The van der Waals surface area contributed by atoms with Crippen LogP contribution in [0.25, 0.3) is 0 Å². The lowest BCUT2D eigenvalue weighted by atomic mass is 10.1. The maximum Gasteiger partial charge on any atom is 0.422 e. The molecule has 1 N–H and O–H groups in total. The minimum Gasteiger partial charge on any atom is -0.317 e. The summed E-state index contributed by atoms with van der Waals surface area (Å²) < 4.78 is 92.4. The molecule has 0 radical (unpaired) electrons. The maximum absolute atomic E-state index is 13.6. The van der Waals surface area contributed by atoms with Crippen molar-refractivity contribution in [3.63, 3.8) is 0 Å². The molecule has 0 aliphatic carbocycles. The number of carbonyl (C=O) groups excluding carboxylic acids is 1. The Bertz CT molecular complexity index is 753. The summed E-state index contributed by atoms with van der Waals surface area (Å²) in [5, 5.41) is 5.06. The molecule has 1 heterocycles. The summed E-state index contributed by atoms with van der Waals surface area (Å²) in [5.74, 6) is -11.3. The third-order valence-electron chi connectivity index (χ3n) is 2.75. The molecule has 0 fully saturated rings. The smallest absolute Gasteiger partial charge is 0.317 e. The predicted molar refractivity (Wildman–Crippen MR) is 62.4 cm³/mol. The van der Waals surface area contributed by atoms with Crippen molar-refractivity contribution in [2.24, 2.45) is 7.05 Å². The van der Waals surface area contributed by atoms with Crippen LogP contribution >= 0.6 is 0 Å². The first-order chi connectivity index (χ1) is 10.5. The average Bonchev–Trinajstić information content (AvgIpc) is 2.86. The summed E-state index contributed by atoms with van der Waals surface area (Å²) >= 11 is 0. The third-order valence-corrected chi connectivity index (χ3v) is 2.75. The zero-order valence-electron chi connectivity index (χ0n) is 11.1. The van der Waals surface area contributed by atoms with Gasteiger partial charge in [-0.1, -0.05) is 0 Å². The predicted octanol–water partition coefficient (Wildman–Crippen LogP) is 3.25. The van der Waals surface area contributed by atoms with Crippen LogP contribution in [-0.4, -0.2) is 15.7 Å². The largest absolute Gasteiger partial charge is 0.422 e. The number of anilines is 1. The van der Waals surface area contributed by atoms with Crippen molar-refractivity contribution < 1.29 is 35.5 Å². The Balaban J connectivity index is 2.50. The van der Waals surface area contributed by atoms with Crippen molar-refractivity contribution in [1.82, 2.24) is 9.78 Å². The quantitative estimate of drug-likeness (QED) is 0.673. The summed E-state index contributed by atoms with van der Waals surface area (Å²) in [6.45, 7) is 0. The number of aryl methyl sites for hydroxylation is 1. The first-order valence-electron chi connectivity index (χ1n) is 5.77. The van der Waals surface area contributed by atoms with Crippen molar-refractivity contribution in [3.8, 4) is 0 Å². The van der Waals surface area contributed by atoms with Gasteiger partial charge < -0.3 is 5.32 Å². The molecule has 11 heteroatoms. The van der Waals surface area contributed by atoms with E-state index < -0.39 is 46.6 Å². The molecule has 0 aliphatic rings. The average molecular weight is 341 g/mol. The van der Waals surface area contributed by atoms with E-state index >= 15 is 0 Å². The Morgan fingerprint density at radius 2 is 1.61 bits per heavy atom. The molecule has 0 saturated heterocycles. The molecular formula is C12H6F7N3O. The van der Waals surface area contributed by atoms with Gasteiger partial charge in [0.1, 0.15) is 11.3 Å². The van der Waals surface area contributed by atoms with Gasteiger partial charge in [0.05, 0.1) is 11.8 Å². The number of carbonyl (C=O) groups is 1. The number of alkyl halides is 3. The topological polar surface area (TPSA) is 46.9 Å². The SMILES string of the molecule is Cn1cc(C(=O)Nc2c(F)c(F)c(C(F)(F)F)c(F)c2F)cn1. The van der Waals surface area contributed by atoms with Crippen LogP contribution in [0.15, 0.2) is 12.4 Å². The molecule has 0 bridgehead atoms. The summed E-state index contributed by atoms with van der Waals surface area (Å²) in [4.78, 5) is 11.7.